The van der Waals surface area contributed by atoms with E-state index in [0.29, 0.717) is 0 Å². The molecular formula is C7H13ClF3NO. The molecule has 0 amide bonds. The van der Waals surface area contributed by atoms with Gasteiger partial charge in [0, 0.05) is 19.0 Å². The predicted molar refractivity (Wildman–Crippen MR) is 44.9 cm³/mol. The lowest BCUT2D eigenvalue weighted by atomic mass is 10.3. The van der Waals surface area contributed by atoms with E-state index in [0.717, 1.165) is 0 Å². The summed E-state index contributed by atoms with van der Waals surface area (Å²) in [7, 11) is 1.52. The maximum atomic E-state index is 11.7. The highest BCUT2D eigenvalue weighted by Gasteiger charge is 2.27. The minimum atomic E-state index is -4.14. The van der Waals surface area contributed by atoms with Crippen LogP contribution in [-0.2, 0) is 0 Å². The molecule has 1 unspecified atom stereocenters. The number of alkyl halides is 4. The van der Waals surface area contributed by atoms with E-state index in [1.54, 1.807) is 0 Å². The lowest BCUT2D eigenvalue weighted by Crippen LogP contribution is -2.32. The molecule has 0 saturated carbocycles. The maximum absolute atomic E-state index is 11.7. The summed E-state index contributed by atoms with van der Waals surface area (Å²) in [5, 5.41) is 9.00. The highest BCUT2D eigenvalue weighted by molar-refractivity contribution is 6.18. The molecule has 2 nitrogen and oxygen atoms in total. The van der Waals surface area contributed by atoms with Crippen LogP contribution in [0, 0.1) is 0 Å². The van der Waals surface area contributed by atoms with E-state index in [1.807, 2.05) is 0 Å². The molecule has 0 aromatic heterocycles. The number of rotatable bonds is 5. The van der Waals surface area contributed by atoms with E-state index >= 15 is 0 Å². The molecule has 1 N–H and O–H groups in total. The highest BCUT2D eigenvalue weighted by Crippen LogP contribution is 2.19. The van der Waals surface area contributed by atoms with Gasteiger partial charge in [0.1, 0.15) is 0 Å². The lowest BCUT2D eigenvalue weighted by molar-refractivity contribution is -0.137. The smallest absolute Gasteiger partial charge is 0.390 e. The van der Waals surface area contributed by atoms with Crippen molar-refractivity contribution >= 4 is 11.6 Å². The first-order valence-corrected chi connectivity index (χ1v) is 4.38. The molecule has 80 valence electrons. The number of hydrogen-bond acceptors (Lipinski definition) is 2. The second kappa shape index (κ2) is 5.67. The van der Waals surface area contributed by atoms with Crippen molar-refractivity contribution in [1.82, 2.24) is 4.90 Å². The average Bonchev–Trinajstić information content (AvgIpc) is 1.99. The van der Waals surface area contributed by atoms with Crippen LogP contribution in [0.3, 0.4) is 0 Å². The Morgan fingerprint density at radius 3 is 2.38 bits per heavy atom. The first-order chi connectivity index (χ1) is 5.85. The van der Waals surface area contributed by atoms with Gasteiger partial charge in [-0.3, -0.25) is 0 Å². The third-order valence-electron chi connectivity index (χ3n) is 1.48. The highest BCUT2D eigenvalue weighted by atomic mass is 35.5. The van der Waals surface area contributed by atoms with E-state index in [2.05, 4.69) is 0 Å². The van der Waals surface area contributed by atoms with Gasteiger partial charge < -0.3 is 10.0 Å². The first-order valence-electron chi connectivity index (χ1n) is 3.84. The number of aliphatic hydroxyl groups is 1. The van der Waals surface area contributed by atoms with Gasteiger partial charge in [0.2, 0.25) is 0 Å². The molecule has 0 aromatic carbocycles. The monoisotopic (exact) mass is 219 g/mol. The topological polar surface area (TPSA) is 23.5 Å². The van der Waals surface area contributed by atoms with Gasteiger partial charge in [-0.05, 0) is 7.05 Å². The van der Waals surface area contributed by atoms with E-state index in [-0.39, 0.29) is 19.0 Å². The summed E-state index contributed by atoms with van der Waals surface area (Å²) in [6, 6.07) is 0. The van der Waals surface area contributed by atoms with Crippen LogP contribution in [0.25, 0.3) is 0 Å². The molecule has 6 heteroatoms. The fourth-order valence-electron chi connectivity index (χ4n) is 0.817. The van der Waals surface area contributed by atoms with Crippen LogP contribution in [0.15, 0.2) is 0 Å². The normalized spacial score (nSPS) is 15.0. The van der Waals surface area contributed by atoms with Crippen molar-refractivity contribution in [3.05, 3.63) is 0 Å². The van der Waals surface area contributed by atoms with Crippen molar-refractivity contribution in [2.75, 3.05) is 26.0 Å². The van der Waals surface area contributed by atoms with Crippen molar-refractivity contribution in [2.24, 2.45) is 0 Å². The standard InChI is InChI=1S/C7H13ClF3NO/c1-12(5-6(13)4-8)3-2-7(9,10)11/h6,13H,2-5H2,1H3. The van der Waals surface area contributed by atoms with E-state index in [1.165, 1.54) is 11.9 Å². The Labute approximate surface area is 80.3 Å². The summed E-state index contributed by atoms with van der Waals surface area (Å²) in [4.78, 5) is 1.40. The zero-order chi connectivity index (χ0) is 10.5. The molecule has 0 rings (SSSR count). The van der Waals surface area contributed by atoms with Crippen LogP contribution in [-0.4, -0.2) is 48.3 Å². The summed E-state index contributed by atoms with van der Waals surface area (Å²) in [6.07, 6.45) is -5.77. The Bertz CT molecular complexity index is 142. The molecule has 0 aliphatic rings. The quantitative estimate of drug-likeness (QED) is 0.708. The zero-order valence-electron chi connectivity index (χ0n) is 7.31. The molecule has 0 saturated heterocycles. The van der Waals surface area contributed by atoms with E-state index in [9.17, 15) is 13.2 Å². The Morgan fingerprint density at radius 2 is 2.00 bits per heavy atom. The van der Waals surface area contributed by atoms with Gasteiger partial charge in [-0.25, -0.2) is 0 Å². The minimum absolute atomic E-state index is 0.0381. The number of hydrogen-bond donors (Lipinski definition) is 1. The molecule has 0 aliphatic carbocycles. The third kappa shape index (κ3) is 8.33. The summed E-state index contributed by atoms with van der Waals surface area (Å²) in [5.41, 5.74) is 0. The average molecular weight is 220 g/mol. The minimum Gasteiger partial charge on any atom is -0.391 e. The molecule has 0 heterocycles. The van der Waals surface area contributed by atoms with E-state index in [4.69, 9.17) is 16.7 Å². The lowest BCUT2D eigenvalue weighted by Gasteiger charge is -2.19. The summed E-state index contributed by atoms with van der Waals surface area (Å²) in [6.45, 7) is 0.0526. The van der Waals surface area contributed by atoms with E-state index < -0.39 is 18.7 Å². The maximum Gasteiger partial charge on any atom is 0.390 e. The van der Waals surface area contributed by atoms with Gasteiger partial charge in [-0.1, -0.05) is 0 Å². The van der Waals surface area contributed by atoms with Crippen LogP contribution in [0.1, 0.15) is 6.42 Å². The molecule has 1 atom stereocenters. The van der Waals surface area contributed by atoms with Crippen LogP contribution >= 0.6 is 11.6 Å². The predicted octanol–water partition coefficient (Wildman–Crippen LogP) is 1.47. The van der Waals surface area contributed by atoms with Crippen LogP contribution in [0.2, 0.25) is 0 Å². The Balaban J connectivity index is 3.57. The van der Waals surface area contributed by atoms with Gasteiger partial charge in [0.15, 0.2) is 0 Å². The van der Waals surface area contributed by atoms with Gasteiger partial charge in [-0.15, -0.1) is 11.6 Å². The van der Waals surface area contributed by atoms with Crippen molar-refractivity contribution in [3.63, 3.8) is 0 Å². The molecule has 13 heavy (non-hydrogen) atoms. The first kappa shape index (κ1) is 13.0. The Morgan fingerprint density at radius 1 is 1.46 bits per heavy atom. The fourth-order valence-corrected chi connectivity index (χ4v) is 0.915. The Kier molecular flexibility index (Phi) is 5.67. The number of nitrogens with zero attached hydrogens (tertiary/aromatic N) is 1. The molecule has 0 radical (unpaired) electrons. The van der Waals surface area contributed by atoms with Crippen molar-refractivity contribution in [1.29, 1.82) is 0 Å². The van der Waals surface area contributed by atoms with Gasteiger partial charge >= 0.3 is 6.18 Å². The summed E-state index contributed by atoms with van der Waals surface area (Å²) >= 11 is 5.29. The summed E-state index contributed by atoms with van der Waals surface area (Å²) < 4.78 is 35.2. The van der Waals surface area contributed by atoms with Crippen LogP contribution < -0.4 is 0 Å². The molecule has 0 aliphatic heterocycles. The largest absolute Gasteiger partial charge is 0.391 e. The zero-order valence-corrected chi connectivity index (χ0v) is 8.07. The van der Waals surface area contributed by atoms with Crippen molar-refractivity contribution in [2.45, 2.75) is 18.7 Å². The van der Waals surface area contributed by atoms with Gasteiger partial charge in [0.25, 0.3) is 0 Å². The van der Waals surface area contributed by atoms with Crippen molar-refractivity contribution < 1.29 is 18.3 Å². The van der Waals surface area contributed by atoms with Gasteiger partial charge in [-0.2, -0.15) is 13.2 Å². The Hall–Kier alpha value is 0. The van der Waals surface area contributed by atoms with Crippen LogP contribution in [0.5, 0.6) is 0 Å². The molecule has 0 aromatic rings. The molecular weight excluding hydrogens is 207 g/mol. The third-order valence-corrected chi connectivity index (χ3v) is 1.83. The van der Waals surface area contributed by atoms with Crippen LogP contribution in [0.4, 0.5) is 13.2 Å². The number of aliphatic hydroxyl groups excluding tert-OH is 1. The molecule has 0 fully saturated rings. The summed E-state index contributed by atoms with van der Waals surface area (Å²) in [5.74, 6) is 0.0381. The second-order valence-electron chi connectivity index (χ2n) is 2.94. The second-order valence-corrected chi connectivity index (χ2v) is 3.24. The fraction of sp³-hybridized carbons (Fsp3) is 1.00. The number of halogens is 4. The molecule has 0 spiro atoms. The van der Waals surface area contributed by atoms with Gasteiger partial charge in [0.05, 0.1) is 12.5 Å². The SMILES string of the molecule is CN(CCC(F)(F)F)CC(O)CCl. The number of likely N-dealkylation sites (N-methyl/N-ethyl adjacent to an activating group) is 1. The van der Waals surface area contributed by atoms with Crippen molar-refractivity contribution in [3.8, 4) is 0 Å². The molecule has 0 bridgehead atoms.